The number of halogens is 3. The van der Waals surface area contributed by atoms with Crippen molar-refractivity contribution in [1.29, 1.82) is 0 Å². The molecule has 0 fully saturated rings. The molecule has 2 nitrogen and oxygen atoms in total. The molecule has 9 heavy (non-hydrogen) atoms. The van der Waals surface area contributed by atoms with E-state index in [0.29, 0.717) is 0 Å². The van der Waals surface area contributed by atoms with Gasteiger partial charge in [0.15, 0.2) is 0 Å². The summed E-state index contributed by atoms with van der Waals surface area (Å²) < 4.78 is 51.6. The monoisotopic (exact) mass is 154 g/mol. The van der Waals surface area contributed by atoms with Crippen LogP contribution in [0, 0.1) is 6.26 Å². The second kappa shape index (κ2) is 2.95. The van der Waals surface area contributed by atoms with E-state index >= 15 is 0 Å². The van der Waals surface area contributed by atoms with E-state index in [1.807, 2.05) is 6.26 Å². The average molecular weight is 154 g/mol. The van der Waals surface area contributed by atoms with E-state index in [0.717, 1.165) is 0 Å². The Kier molecular flexibility index (Phi) is 3.95. The van der Waals surface area contributed by atoms with Crippen LogP contribution in [0.4, 0.5) is 13.2 Å². The standard InChI is InChI=1S/C2H2F3O2S.Li/c1-8(6,7)2(3,4)5;/h1H2;/q-1;+1. The van der Waals surface area contributed by atoms with Crippen LogP contribution in [0.3, 0.4) is 0 Å². The molecule has 7 heteroatoms. The minimum atomic E-state index is -5.20. The normalized spacial score (nSPS) is 12.4. The fraction of sp³-hybridized carbons (Fsp3) is 0.500. The molecule has 0 aromatic rings. The Balaban J connectivity index is 0. The second-order valence-electron chi connectivity index (χ2n) is 1.06. The summed E-state index contributed by atoms with van der Waals surface area (Å²) >= 11 is 0. The van der Waals surface area contributed by atoms with Gasteiger partial charge >= 0.3 is 24.4 Å². The van der Waals surface area contributed by atoms with Gasteiger partial charge in [-0.15, -0.1) is 0 Å². The Hall–Kier alpha value is 0.337. The van der Waals surface area contributed by atoms with Gasteiger partial charge in [0.05, 0.1) is 0 Å². The van der Waals surface area contributed by atoms with Crippen molar-refractivity contribution in [1.82, 2.24) is 0 Å². The maximum atomic E-state index is 10.9. The molecule has 0 aromatic carbocycles. The van der Waals surface area contributed by atoms with Crippen LogP contribution in [0.2, 0.25) is 0 Å². The summed E-state index contributed by atoms with van der Waals surface area (Å²) in [5.74, 6) is 0. The van der Waals surface area contributed by atoms with Crippen molar-refractivity contribution in [2.75, 3.05) is 0 Å². The van der Waals surface area contributed by atoms with Gasteiger partial charge in [0.1, 0.15) is 9.84 Å². The number of hydrogen-bond donors (Lipinski definition) is 0. The van der Waals surface area contributed by atoms with E-state index in [9.17, 15) is 21.6 Å². The van der Waals surface area contributed by atoms with Crippen LogP contribution in [-0.4, -0.2) is 13.9 Å². The predicted molar refractivity (Wildman–Crippen MR) is 20.3 cm³/mol. The summed E-state index contributed by atoms with van der Waals surface area (Å²) in [5, 5.41) is 0. The summed E-state index contributed by atoms with van der Waals surface area (Å²) in [6.07, 6.45) is 1.89. The third kappa shape index (κ3) is 3.84. The second-order valence-corrected chi connectivity index (χ2v) is 2.75. The largest absolute Gasteiger partial charge is 1.00 e. The molecule has 0 aliphatic heterocycles. The van der Waals surface area contributed by atoms with Gasteiger partial charge in [-0.05, 0) is 0 Å². The van der Waals surface area contributed by atoms with Gasteiger partial charge in [-0.1, -0.05) is 0 Å². The number of rotatable bonds is 0. The van der Waals surface area contributed by atoms with Crippen molar-refractivity contribution >= 4 is 9.84 Å². The Morgan fingerprint density at radius 1 is 1.22 bits per heavy atom. The van der Waals surface area contributed by atoms with Crippen molar-refractivity contribution in [3.63, 3.8) is 0 Å². The fourth-order valence-corrected chi connectivity index (χ4v) is 0. The molecule has 0 saturated carbocycles. The minimum Gasteiger partial charge on any atom is -0.254 e. The molecule has 0 atom stereocenters. The molecule has 0 aromatic heterocycles. The first-order chi connectivity index (χ1) is 3.25. The van der Waals surface area contributed by atoms with Crippen LogP contribution < -0.4 is 18.9 Å². The quantitative estimate of drug-likeness (QED) is 0.291. The molecule has 0 N–H and O–H groups in total. The van der Waals surface area contributed by atoms with Crippen molar-refractivity contribution in [2.24, 2.45) is 0 Å². The van der Waals surface area contributed by atoms with E-state index in [4.69, 9.17) is 0 Å². The molecular formula is C2H2F3LiO2S. The van der Waals surface area contributed by atoms with Gasteiger partial charge in [-0.25, -0.2) is 6.26 Å². The topological polar surface area (TPSA) is 34.1 Å². The summed E-state index contributed by atoms with van der Waals surface area (Å²) in [5.41, 5.74) is -5.20. The molecule has 0 radical (unpaired) electrons. The summed E-state index contributed by atoms with van der Waals surface area (Å²) in [4.78, 5) is 0. The molecule has 0 rings (SSSR count). The van der Waals surface area contributed by atoms with Crippen molar-refractivity contribution in [3.8, 4) is 0 Å². The van der Waals surface area contributed by atoms with Crippen LogP contribution in [0.15, 0.2) is 0 Å². The van der Waals surface area contributed by atoms with Crippen molar-refractivity contribution in [2.45, 2.75) is 5.51 Å². The zero-order chi connectivity index (χ0) is 7.00. The van der Waals surface area contributed by atoms with Gasteiger partial charge in [0, 0.05) is 0 Å². The van der Waals surface area contributed by atoms with Gasteiger partial charge in [-0.3, -0.25) is 8.42 Å². The summed E-state index contributed by atoms with van der Waals surface area (Å²) in [7, 11) is -5.09. The molecule has 0 heterocycles. The van der Waals surface area contributed by atoms with Gasteiger partial charge in [0.25, 0.3) is 0 Å². The zero-order valence-corrected chi connectivity index (χ0v) is 5.38. The number of alkyl halides is 3. The maximum absolute atomic E-state index is 10.9. The Morgan fingerprint density at radius 3 is 1.33 bits per heavy atom. The summed E-state index contributed by atoms with van der Waals surface area (Å²) in [6.45, 7) is 0. The zero-order valence-electron chi connectivity index (χ0n) is 4.57. The predicted octanol–water partition coefficient (Wildman–Crippen LogP) is -2.28. The van der Waals surface area contributed by atoms with E-state index < -0.39 is 15.3 Å². The average Bonchev–Trinajstić information content (AvgIpc) is 1.25. The molecule has 50 valence electrons. The third-order valence-electron chi connectivity index (χ3n) is 0.353. The minimum absolute atomic E-state index is 0. The molecule has 0 amide bonds. The first-order valence-electron chi connectivity index (χ1n) is 1.39. The molecular weight excluding hydrogens is 152 g/mol. The molecule has 0 aliphatic rings. The fourth-order valence-electron chi connectivity index (χ4n) is 0. The van der Waals surface area contributed by atoms with E-state index in [1.54, 1.807) is 0 Å². The Labute approximate surface area is 62.5 Å². The van der Waals surface area contributed by atoms with Gasteiger partial charge < -0.3 is 0 Å². The van der Waals surface area contributed by atoms with Crippen molar-refractivity contribution < 1.29 is 40.4 Å². The van der Waals surface area contributed by atoms with Crippen LogP contribution >= 0.6 is 0 Å². The summed E-state index contributed by atoms with van der Waals surface area (Å²) in [6, 6.07) is 0. The maximum Gasteiger partial charge on any atom is 1.00 e. The molecule has 0 spiro atoms. The van der Waals surface area contributed by atoms with Crippen LogP contribution in [0.5, 0.6) is 0 Å². The van der Waals surface area contributed by atoms with Gasteiger partial charge in [-0.2, -0.15) is 13.2 Å². The number of hydrogen-bond acceptors (Lipinski definition) is 2. The third-order valence-corrected chi connectivity index (χ3v) is 1.06. The molecule has 0 unspecified atom stereocenters. The van der Waals surface area contributed by atoms with Crippen molar-refractivity contribution in [3.05, 3.63) is 6.26 Å². The van der Waals surface area contributed by atoms with Crippen LogP contribution in [0.25, 0.3) is 0 Å². The van der Waals surface area contributed by atoms with Gasteiger partial charge in [0.2, 0.25) is 0 Å². The number of sulfone groups is 1. The van der Waals surface area contributed by atoms with Crippen LogP contribution in [0.1, 0.15) is 0 Å². The first-order valence-corrected chi connectivity index (χ1v) is 3.05. The SMILES string of the molecule is [CH2-]S(=O)(=O)C(F)(F)F.[Li+]. The van der Waals surface area contributed by atoms with E-state index in [1.165, 1.54) is 0 Å². The first kappa shape index (κ1) is 12.1. The smallest absolute Gasteiger partial charge is 0.254 e. The molecule has 0 saturated heterocycles. The molecule has 0 bridgehead atoms. The Bertz CT molecular complexity index is 169. The van der Waals surface area contributed by atoms with E-state index in [2.05, 4.69) is 0 Å². The van der Waals surface area contributed by atoms with E-state index in [-0.39, 0.29) is 18.9 Å². The molecule has 0 aliphatic carbocycles. The Morgan fingerprint density at radius 2 is 1.33 bits per heavy atom. The van der Waals surface area contributed by atoms with Crippen LogP contribution in [-0.2, 0) is 9.84 Å².